The molecule has 0 N–H and O–H groups in total. The number of ether oxygens (including phenoxy) is 1. The number of halogens is 1. The van der Waals surface area contributed by atoms with Gasteiger partial charge in [-0.1, -0.05) is 55.3 Å². The Morgan fingerprint density at radius 3 is 2.40 bits per heavy atom. The molecule has 0 aromatic heterocycles. The Kier molecular flexibility index (Phi) is 3.64. The lowest BCUT2D eigenvalue weighted by Gasteiger charge is -2.29. The number of carbonyl (C=O) groups excluding carboxylic acids is 1. The molecule has 1 aliphatic rings. The van der Waals surface area contributed by atoms with Crippen molar-refractivity contribution in [3.8, 4) is 0 Å². The van der Waals surface area contributed by atoms with Gasteiger partial charge in [0.15, 0.2) is 0 Å². The average molecular weight is 275 g/mol. The average Bonchev–Trinajstić information content (AvgIpc) is 2.27. The first-order valence-corrected chi connectivity index (χ1v) is 6.21. The van der Waals surface area contributed by atoms with Crippen LogP contribution in [0.2, 0.25) is 0 Å². The van der Waals surface area contributed by atoms with Gasteiger partial charge in [0, 0.05) is 5.41 Å². The summed E-state index contributed by atoms with van der Waals surface area (Å²) >= 11 is 3.58. The van der Waals surface area contributed by atoms with E-state index in [1.54, 1.807) is 0 Å². The van der Waals surface area contributed by atoms with Crippen LogP contribution in [-0.2, 0) is 9.53 Å². The van der Waals surface area contributed by atoms with Crippen LogP contribution in [0, 0.1) is 11.3 Å². The standard InChI is InChI=1S/C12H19BrO2/c1-7(2)11(14)15-10-9(13)8(3)6-12(10,4)5/h6-7,9-10H,1-5H3. The summed E-state index contributed by atoms with van der Waals surface area (Å²) in [6, 6.07) is 0. The van der Waals surface area contributed by atoms with Crippen LogP contribution in [0.5, 0.6) is 0 Å². The highest BCUT2D eigenvalue weighted by Gasteiger charge is 2.42. The lowest BCUT2D eigenvalue weighted by Crippen LogP contribution is -2.36. The summed E-state index contributed by atoms with van der Waals surface area (Å²) in [6.07, 6.45) is 2.08. The molecule has 0 bridgehead atoms. The van der Waals surface area contributed by atoms with E-state index in [1.165, 1.54) is 5.57 Å². The Bertz CT molecular complexity index is 292. The summed E-state index contributed by atoms with van der Waals surface area (Å²) < 4.78 is 5.53. The van der Waals surface area contributed by atoms with Crippen molar-refractivity contribution in [3.05, 3.63) is 11.6 Å². The Morgan fingerprint density at radius 1 is 1.53 bits per heavy atom. The zero-order chi connectivity index (χ0) is 11.8. The fourth-order valence-electron chi connectivity index (χ4n) is 1.84. The molecular weight excluding hydrogens is 256 g/mol. The highest BCUT2D eigenvalue weighted by molar-refractivity contribution is 9.09. The van der Waals surface area contributed by atoms with Crippen LogP contribution in [-0.4, -0.2) is 16.9 Å². The van der Waals surface area contributed by atoms with Crippen molar-refractivity contribution in [2.75, 3.05) is 0 Å². The molecule has 0 radical (unpaired) electrons. The lowest BCUT2D eigenvalue weighted by atomic mass is 9.90. The van der Waals surface area contributed by atoms with E-state index in [0.29, 0.717) is 0 Å². The van der Waals surface area contributed by atoms with Gasteiger partial charge in [0.25, 0.3) is 0 Å². The van der Waals surface area contributed by atoms with E-state index in [2.05, 4.69) is 42.8 Å². The van der Waals surface area contributed by atoms with Gasteiger partial charge in [0.1, 0.15) is 6.10 Å². The van der Waals surface area contributed by atoms with Crippen LogP contribution in [0.3, 0.4) is 0 Å². The molecule has 0 saturated heterocycles. The highest BCUT2D eigenvalue weighted by Crippen LogP contribution is 2.41. The largest absolute Gasteiger partial charge is 0.460 e. The third-order valence-corrected chi connectivity index (χ3v) is 3.95. The maximum absolute atomic E-state index is 11.6. The van der Waals surface area contributed by atoms with Gasteiger partial charge < -0.3 is 4.74 Å². The molecule has 2 nitrogen and oxygen atoms in total. The molecule has 0 saturated carbocycles. The van der Waals surface area contributed by atoms with Crippen molar-refractivity contribution in [2.24, 2.45) is 11.3 Å². The fraction of sp³-hybridized carbons (Fsp3) is 0.750. The number of alkyl halides is 1. The second-order valence-electron chi connectivity index (χ2n) is 5.12. The highest BCUT2D eigenvalue weighted by atomic mass is 79.9. The monoisotopic (exact) mass is 274 g/mol. The number of esters is 1. The Balaban J connectivity index is 2.76. The molecule has 0 amide bonds. The normalized spacial score (nSPS) is 29.1. The van der Waals surface area contributed by atoms with E-state index in [0.717, 1.165) is 0 Å². The minimum absolute atomic E-state index is 0.0681. The first-order valence-electron chi connectivity index (χ1n) is 5.29. The minimum atomic E-state index is -0.124. The molecule has 0 fully saturated rings. The quantitative estimate of drug-likeness (QED) is 0.439. The number of rotatable bonds is 2. The van der Waals surface area contributed by atoms with E-state index >= 15 is 0 Å². The summed E-state index contributed by atoms with van der Waals surface area (Å²) in [7, 11) is 0. The van der Waals surface area contributed by atoms with Crippen LogP contribution in [0.15, 0.2) is 11.6 Å². The van der Waals surface area contributed by atoms with Gasteiger partial charge in [-0.15, -0.1) is 0 Å². The van der Waals surface area contributed by atoms with Crippen molar-refractivity contribution in [1.29, 1.82) is 0 Å². The van der Waals surface area contributed by atoms with Crippen molar-refractivity contribution < 1.29 is 9.53 Å². The Labute approximate surface area is 100 Å². The van der Waals surface area contributed by atoms with E-state index in [-0.39, 0.29) is 28.2 Å². The zero-order valence-electron chi connectivity index (χ0n) is 10.0. The smallest absolute Gasteiger partial charge is 0.308 e. The first-order chi connectivity index (χ1) is 6.75. The molecule has 3 heteroatoms. The summed E-state index contributed by atoms with van der Waals surface area (Å²) in [4.78, 5) is 11.7. The first kappa shape index (κ1) is 12.8. The van der Waals surface area contributed by atoms with Gasteiger partial charge >= 0.3 is 5.97 Å². The van der Waals surface area contributed by atoms with Crippen molar-refractivity contribution >= 4 is 21.9 Å². The maximum atomic E-state index is 11.6. The summed E-state index contributed by atoms with van der Waals surface area (Å²) in [6.45, 7) is 9.96. The minimum Gasteiger partial charge on any atom is -0.460 e. The Morgan fingerprint density at radius 2 is 2.07 bits per heavy atom. The van der Waals surface area contributed by atoms with Crippen LogP contribution < -0.4 is 0 Å². The third-order valence-electron chi connectivity index (χ3n) is 2.75. The molecule has 0 aromatic rings. The van der Waals surface area contributed by atoms with Gasteiger partial charge in [-0.2, -0.15) is 0 Å². The zero-order valence-corrected chi connectivity index (χ0v) is 11.6. The predicted molar refractivity (Wildman–Crippen MR) is 65.0 cm³/mol. The molecular formula is C12H19BrO2. The van der Waals surface area contributed by atoms with Crippen molar-refractivity contribution in [1.82, 2.24) is 0 Å². The molecule has 0 heterocycles. The molecule has 15 heavy (non-hydrogen) atoms. The number of hydrogen-bond donors (Lipinski definition) is 0. The Hall–Kier alpha value is -0.310. The van der Waals surface area contributed by atoms with E-state index in [4.69, 9.17) is 4.74 Å². The molecule has 1 aliphatic carbocycles. The number of hydrogen-bond acceptors (Lipinski definition) is 2. The van der Waals surface area contributed by atoms with Gasteiger partial charge in [-0.05, 0) is 6.92 Å². The SMILES string of the molecule is CC1=CC(C)(C)C(OC(=O)C(C)C)C1Br. The second kappa shape index (κ2) is 4.28. The molecule has 2 unspecified atom stereocenters. The van der Waals surface area contributed by atoms with Crippen molar-refractivity contribution in [2.45, 2.75) is 45.5 Å². The van der Waals surface area contributed by atoms with E-state index < -0.39 is 0 Å². The summed E-state index contributed by atoms with van der Waals surface area (Å²) in [5.74, 6) is -0.193. The summed E-state index contributed by atoms with van der Waals surface area (Å²) in [5, 5.41) is 0. The molecule has 0 aliphatic heterocycles. The predicted octanol–water partition coefficient (Wildman–Crippen LogP) is 3.30. The molecule has 86 valence electrons. The molecule has 2 atom stereocenters. The van der Waals surface area contributed by atoms with Crippen LogP contribution in [0.25, 0.3) is 0 Å². The van der Waals surface area contributed by atoms with Gasteiger partial charge in [0.05, 0.1) is 10.7 Å². The van der Waals surface area contributed by atoms with Crippen molar-refractivity contribution in [3.63, 3.8) is 0 Å². The van der Waals surface area contributed by atoms with E-state index in [1.807, 2.05) is 13.8 Å². The molecule has 0 spiro atoms. The topological polar surface area (TPSA) is 26.3 Å². The fourth-order valence-corrected chi connectivity index (χ4v) is 2.76. The number of carbonyl (C=O) groups is 1. The van der Waals surface area contributed by atoms with Crippen LogP contribution in [0.4, 0.5) is 0 Å². The van der Waals surface area contributed by atoms with Gasteiger partial charge in [-0.3, -0.25) is 4.79 Å². The third kappa shape index (κ3) is 2.63. The van der Waals surface area contributed by atoms with Gasteiger partial charge in [0.2, 0.25) is 0 Å². The molecule has 0 aromatic carbocycles. The second-order valence-corrected chi connectivity index (χ2v) is 6.11. The van der Waals surface area contributed by atoms with Gasteiger partial charge in [-0.25, -0.2) is 0 Å². The maximum Gasteiger partial charge on any atom is 0.308 e. The van der Waals surface area contributed by atoms with Crippen LogP contribution >= 0.6 is 15.9 Å². The van der Waals surface area contributed by atoms with E-state index in [9.17, 15) is 4.79 Å². The van der Waals surface area contributed by atoms with Crippen LogP contribution in [0.1, 0.15) is 34.6 Å². The lowest BCUT2D eigenvalue weighted by molar-refractivity contribution is -0.156. The summed E-state index contributed by atoms with van der Waals surface area (Å²) in [5.41, 5.74) is 1.16. The molecule has 1 rings (SSSR count).